The number of hydrogen-bond acceptors (Lipinski definition) is 4. The Labute approximate surface area is 108 Å². The number of aliphatic hydroxyl groups excluding tert-OH is 1. The van der Waals surface area contributed by atoms with Gasteiger partial charge in [0.2, 0.25) is 5.91 Å². The minimum Gasteiger partial charge on any atom is -0.396 e. The summed E-state index contributed by atoms with van der Waals surface area (Å²) >= 11 is 0. The van der Waals surface area contributed by atoms with Crippen LogP contribution < -0.4 is 5.32 Å². The Morgan fingerprint density at radius 2 is 2.22 bits per heavy atom. The molecule has 2 N–H and O–H groups in total. The van der Waals surface area contributed by atoms with Gasteiger partial charge in [0.25, 0.3) is 0 Å². The van der Waals surface area contributed by atoms with Crippen LogP contribution in [0.2, 0.25) is 0 Å². The molecule has 0 aromatic heterocycles. The van der Waals surface area contributed by atoms with Crippen LogP contribution >= 0.6 is 0 Å². The lowest BCUT2D eigenvalue weighted by Crippen LogP contribution is -2.51. The summed E-state index contributed by atoms with van der Waals surface area (Å²) in [5, 5.41) is 12.1. The van der Waals surface area contributed by atoms with Gasteiger partial charge in [-0.25, -0.2) is 0 Å². The van der Waals surface area contributed by atoms with Gasteiger partial charge >= 0.3 is 0 Å². The summed E-state index contributed by atoms with van der Waals surface area (Å²) in [6, 6.07) is 0.524. The van der Waals surface area contributed by atoms with Crippen molar-refractivity contribution in [2.75, 3.05) is 33.4 Å². The minimum atomic E-state index is -0.0608. The molecule has 0 spiro atoms. The molecule has 5 heteroatoms. The summed E-state index contributed by atoms with van der Waals surface area (Å²) in [7, 11) is 1.88. The van der Waals surface area contributed by atoms with E-state index in [4.69, 9.17) is 9.84 Å². The number of hydrogen-bond donors (Lipinski definition) is 2. The molecule has 5 nitrogen and oxygen atoms in total. The van der Waals surface area contributed by atoms with Gasteiger partial charge in [0.1, 0.15) is 0 Å². The topological polar surface area (TPSA) is 61.8 Å². The summed E-state index contributed by atoms with van der Waals surface area (Å²) in [6.07, 6.45) is 4.09. The second-order valence-electron chi connectivity index (χ2n) is 5.23. The van der Waals surface area contributed by atoms with E-state index in [1.807, 2.05) is 11.9 Å². The quantitative estimate of drug-likeness (QED) is 0.701. The zero-order valence-corrected chi connectivity index (χ0v) is 11.1. The second kappa shape index (κ2) is 6.50. The van der Waals surface area contributed by atoms with E-state index in [1.54, 1.807) is 0 Å². The molecular formula is C13H24N2O3. The van der Waals surface area contributed by atoms with Gasteiger partial charge < -0.3 is 20.1 Å². The summed E-state index contributed by atoms with van der Waals surface area (Å²) < 4.78 is 5.41. The highest BCUT2D eigenvalue weighted by Gasteiger charge is 2.38. The molecule has 104 valence electrons. The molecule has 2 aliphatic rings. The van der Waals surface area contributed by atoms with Gasteiger partial charge in [0.05, 0.1) is 19.1 Å². The fourth-order valence-electron chi connectivity index (χ4n) is 2.71. The van der Waals surface area contributed by atoms with E-state index in [0.717, 1.165) is 12.8 Å². The van der Waals surface area contributed by atoms with Crippen molar-refractivity contribution in [1.29, 1.82) is 0 Å². The zero-order chi connectivity index (χ0) is 13.0. The first-order valence-corrected chi connectivity index (χ1v) is 6.94. The van der Waals surface area contributed by atoms with Gasteiger partial charge in [-0.1, -0.05) is 0 Å². The van der Waals surface area contributed by atoms with Crippen molar-refractivity contribution >= 4 is 5.91 Å². The summed E-state index contributed by atoms with van der Waals surface area (Å²) in [4.78, 5) is 14.6. The number of carbonyl (C=O) groups excluding carboxylic acids is 1. The lowest BCUT2D eigenvalue weighted by molar-refractivity contribution is -0.140. The van der Waals surface area contributed by atoms with Crippen molar-refractivity contribution in [2.45, 2.75) is 37.8 Å². The van der Waals surface area contributed by atoms with E-state index in [9.17, 15) is 4.79 Å². The predicted molar refractivity (Wildman–Crippen MR) is 68.2 cm³/mol. The van der Waals surface area contributed by atoms with Gasteiger partial charge in [0, 0.05) is 25.2 Å². The van der Waals surface area contributed by atoms with Gasteiger partial charge in [-0.2, -0.15) is 0 Å². The Kier molecular flexibility index (Phi) is 4.97. The van der Waals surface area contributed by atoms with Crippen LogP contribution in [0.25, 0.3) is 0 Å². The highest BCUT2D eigenvalue weighted by atomic mass is 16.5. The van der Waals surface area contributed by atoms with E-state index in [-0.39, 0.29) is 24.5 Å². The molecule has 2 unspecified atom stereocenters. The molecular weight excluding hydrogens is 232 g/mol. The first-order chi connectivity index (χ1) is 8.77. The smallest absolute Gasteiger partial charge is 0.229 e. The third kappa shape index (κ3) is 2.84. The number of carbonyl (C=O) groups is 1. The molecule has 1 saturated heterocycles. The molecule has 1 saturated carbocycles. The maximum atomic E-state index is 12.6. The molecule has 18 heavy (non-hydrogen) atoms. The Balaban J connectivity index is 1.97. The third-order valence-electron chi connectivity index (χ3n) is 4.12. The molecule has 1 amide bonds. The fourth-order valence-corrected chi connectivity index (χ4v) is 2.71. The van der Waals surface area contributed by atoms with E-state index in [2.05, 4.69) is 5.32 Å². The highest BCUT2D eigenvalue weighted by molar-refractivity contribution is 5.80. The Morgan fingerprint density at radius 1 is 1.44 bits per heavy atom. The van der Waals surface area contributed by atoms with Crippen molar-refractivity contribution < 1.29 is 14.6 Å². The van der Waals surface area contributed by atoms with Crippen molar-refractivity contribution in [1.82, 2.24) is 10.2 Å². The molecule has 1 aliphatic carbocycles. The van der Waals surface area contributed by atoms with E-state index in [0.29, 0.717) is 32.2 Å². The van der Waals surface area contributed by atoms with Gasteiger partial charge in [-0.15, -0.1) is 0 Å². The monoisotopic (exact) mass is 256 g/mol. The van der Waals surface area contributed by atoms with Crippen molar-refractivity contribution in [3.8, 4) is 0 Å². The number of rotatable bonds is 6. The van der Waals surface area contributed by atoms with Crippen LogP contribution in [0.4, 0.5) is 0 Å². The largest absolute Gasteiger partial charge is 0.396 e. The van der Waals surface area contributed by atoms with Crippen LogP contribution in [0.1, 0.15) is 25.7 Å². The normalized spacial score (nSPS) is 28.1. The number of aliphatic hydroxyl groups is 1. The Bertz CT molecular complexity index is 281. The second-order valence-corrected chi connectivity index (χ2v) is 5.23. The molecule has 2 atom stereocenters. The SMILES string of the molecule is CNC1COCC1C(=O)N(CCCO)C1CCC1. The van der Waals surface area contributed by atoms with Gasteiger partial charge in [-0.05, 0) is 32.7 Å². The summed E-state index contributed by atoms with van der Waals surface area (Å²) in [6.45, 7) is 1.96. The van der Waals surface area contributed by atoms with Crippen LogP contribution in [0.15, 0.2) is 0 Å². The summed E-state index contributed by atoms with van der Waals surface area (Å²) in [5.74, 6) is 0.138. The van der Waals surface area contributed by atoms with Crippen LogP contribution in [0.5, 0.6) is 0 Å². The molecule has 2 rings (SSSR count). The van der Waals surface area contributed by atoms with E-state index in [1.165, 1.54) is 6.42 Å². The first-order valence-electron chi connectivity index (χ1n) is 6.94. The number of ether oxygens (including phenoxy) is 1. The first kappa shape index (κ1) is 13.8. The fraction of sp³-hybridized carbons (Fsp3) is 0.923. The van der Waals surface area contributed by atoms with Gasteiger partial charge in [-0.3, -0.25) is 4.79 Å². The lowest BCUT2D eigenvalue weighted by atomic mass is 9.89. The van der Waals surface area contributed by atoms with Crippen LogP contribution in [0.3, 0.4) is 0 Å². The van der Waals surface area contributed by atoms with Gasteiger partial charge in [0.15, 0.2) is 0 Å². The molecule has 1 heterocycles. The van der Waals surface area contributed by atoms with E-state index < -0.39 is 0 Å². The zero-order valence-electron chi connectivity index (χ0n) is 11.1. The average Bonchev–Trinajstić information content (AvgIpc) is 2.79. The van der Waals surface area contributed by atoms with Crippen molar-refractivity contribution in [2.24, 2.45) is 5.92 Å². The maximum absolute atomic E-state index is 12.6. The lowest BCUT2D eigenvalue weighted by Gasteiger charge is -2.39. The minimum absolute atomic E-state index is 0.0608. The van der Waals surface area contributed by atoms with Crippen molar-refractivity contribution in [3.05, 3.63) is 0 Å². The summed E-state index contributed by atoms with van der Waals surface area (Å²) in [5.41, 5.74) is 0. The van der Waals surface area contributed by atoms with Crippen LogP contribution in [-0.2, 0) is 9.53 Å². The molecule has 0 aromatic carbocycles. The molecule has 2 fully saturated rings. The average molecular weight is 256 g/mol. The molecule has 0 bridgehead atoms. The number of likely N-dealkylation sites (N-methyl/N-ethyl adjacent to an activating group) is 1. The van der Waals surface area contributed by atoms with Crippen LogP contribution in [0, 0.1) is 5.92 Å². The highest BCUT2D eigenvalue weighted by Crippen LogP contribution is 2.28. The molecule has 1 aliphatic heterocycles. The number of nitrogens with one attached hydrogen (secondary N) is 1. The van der Waals surface area contributed by atoms with Crippen molar-refractivity contribution in [3.63, 3.8) is 0 Å². The number of amides is 1. The maximum Gasteiger partial charge on any atom is 0.229 e. The Morgan fingerprint density at radius 3 is 2.78 bits per heavy atom. The standard InChI is InChI=1S/C13H24N2O3/c1-14-12-9-18-8-11(12)13(17)15(6-3-7-16)10-4-2-5-10/h10-12,14,16H,2-9H2,1H3. The molecule has 0 aromatic rings. The third-order valence-corrected chi connectivity index (χ3v) is 4.12. The molecule has 0 radical (unpaired) electrons. The van der Waals surface area contributed by atoms with E-state index >= 15 is 0 Å². The van der Waals surface area contributed by atoms with Crippen LogP contribution in [-0.4, -0.2) is 61.4 Å². The predicted octanol–water partition coefficient (Wildman–Crippen LogP) is -0.0157. The number of nitrogens with zero attached hydrogens (tertiary/aromatic N) is 1. The Hall–Kier alpha value is -0.650.